The molecule has 1 saturated heterocycles. The molecule has 0 atom stereocenters. The van der Waals surface area contributed by atoms with Crippen molar-refractivity contribution in [3.05, 3.63) is 33.8 Å². The summed E-state index contributed by atoms with van der Waals surface area (Å²) in [7, 11) is 0. The first kappa shape index (κ1) is 19.7. The van der Waals surface area contributed by atoms with Gasteiger partial charge in [-0.25, -0.2) is 0 Å². The molecule has 0 N–H and O–H groups in total. The highest BCUT2D eigenvalue weighted by atomic mass is 35.5. The Kier molecular flexibility index (Phi) is 5.48. The Morgan fingerprint density at radius 1 is 1.16 bits per heavy atom. The number of hydrogen-bond donors (Lipinski definition) is 0. The van der Waals surface area contributed by atoms with E-state index in [9.17, 15) is 31.5 Å². The van der Waals surface area contributed by atoms with E-state index in [-0.39, 0.29) is 5.02 Å². The fourth-order valence-electron chi connectivity index (χ4n) is 2.25. The third kappa shape index (κ3) is 4.33. The second-order valence-electron chi connectivity index (χ2n) is 5.34. The molecule has 2 rings (SSSR count). The molecular weight excluding hydrogens is 394 g/mol. The molecule has 138 valence electrons. The second kappa shape index (κ2) is 6.95. The van der Waals surface area contributed by atoms with Gasteiger partial charge in [-0.05, 0) is 6.07 Å². The van der Waals surface area contributed by atoms with Gasteiger partial charge in [-0.2, -0.15) is 22.0 Å². The van der Waals surface area contributed by atoms with Gasteiger partial charge in [0, 0.05) is 6.54 Å². The lowest BCUT2D eigenvalue weighted by molar-refractivity contribution is -0.158. The number of halogens is 7. The molecule has 1 heterocycles. The van der Waals surface area contributed by atoms with Crippen LogP contribution in [-0.4, -0.2) is 47.5 Å². The number of nitrogens with zero attached hydrogens (tertiary/aromatic N) is 2. The van der Waals surface area contributed by atoms with Gasteiger partial charge in [0.1, 0.15) is 6.54 Å². The van der Waals surface area contributed by atoms with E-state index in [1.165, 1.54) is 12.1 Å². The summed E-state index contributed by atoms with van der Waals surface area (Å²) in [6.45, 7) is -2.10. The predicted octanol–water partition coefficient (Wildman–Crippen LogP) is 3.67. The number of rotatable bonds is 4. The summed E-state index contributed by atoms with van der Waals surface area (Å²) in [5.74, 6) is -6.66. The van der Waals surface area contributed by atoms with E-state index in [2.05, 4.69) is 0 Å². The Hall–Kier alpha value is -1.61. The molecule has 0 aromatic heterocycles. The van der Waals surface area contributed by atoms with Crippen LogP contribution in [0.5, 0.6) is 0 Å². The van der Waals surface area contributed by atoms with Gasteiger partial charge < -0.3 is 9.80 Å². The zero-order valence-electron chi connectivity index (χ0n) is 12.4. The maximum Gasteiger partial charge on any atom is 0.390 e. The number of carbonyl (C=O) groups is 2. The monoisotopic (exact) mass is 404 g/mol. The summed E-state index contributed by atoms with van der Waals surface area (Å²) in [6, 6.07) is 3.34. The summed E-state index contributed by atoms with van der Waals surface area (Å²) >= 11 is 11.4. The van der Waals surface area contributed by atoms with Crippen LogP contribution >= 0.6 is 23.2 Å². The Balaban J connectivity index is 2.15. The van der Waals surface area contributed by atoms with E-state index in [1.54, 1.807) is 0 Å². The maximum absolute atomic E-state index is 14.4. The van der Waals surface area contributed by atoms with Crippen molar-refractivity contribution in [3.8, 4) is 0 Å². The van der Waals surface area contributed by atoms with Gasteiger partial charge in [-0.15, -0.1) is 0 Å². The molecule has 1 fully saturated rings. The summed E-state index contributed by atoms with van der Waals surface area (Å²) in [4.78, 5) is 24.9. The van der Waals surface area contributed by atoms with Crippen LogP contribution in [0.1, 0.15) is 12.0 Å². The molecule has 1 aliphatic heterocycles. The molecule has 1 aromatic rings. The highest BCUT2D eigenvalue weighted by molar-refractivity contribution is 6.42. The number of hydrogen-bond acceptors (Lipinski definition) is 2. The van der Waals surface area contributed by atoms with Crippen LogP contribution < -0.4 is 0 Å². The minimum absolute atomic E-state index is 0.184. The van der Waals surface area contributed by atoms with E-state index in [0.717, 1.165) is 6.07 Å². The molecule has 0 saturated carbocycles. The van der Waals surface area contributed by atoms with Crippen LogP contribution in [0, 0.1) is 0 Å². The molecule has 2 amide bonds. The summed E-state index contributed by atoms with van der Waals surface area (Å²) in [5.41, 5.74) is -0.840. The van der Waals surface area contributed by atoms with E-state index in [4.69, 9.17) is 23.2 Å². The van der Waals surface area contributed by atoms with Crippen LogP contribution in [0.15, 0.2) is 18.2 Å². The van der Waals surface area contributed by atoms with Crippen LogP contribution in [-0.2, 0) is 15.5 Å². The van der Waals surface area contributed by atoms with Crippen molar-refractivity contribution in [2.75, 3.05) is 19.8 Å². The average molecular weight is 405 g/mol. The molecule has 11 heteroatoms. The minimum Gasteiger partial charge on any atom is -0.323 e. The van der Waals surface area contributed by atoms with Crippen LogP contribution in [0.4, 0.5) is 22.0 Å². The first-order valence-electron chi connectivity index (χ1n) is 6.89. The van der Waals surface area contributed by atoms with Crippen molar-refractivity contribution < 1.29 is 31.5 Å². The van der Waals surface area contributed by atoms with E-state index >= 15 is 0 Å². The number of carbonyl (C=O) groups excluding carboxylic acids is 2. The standard InChI is InChI=1S/C14H11Cl2F5N2O2/c15-9-3-1-2-8(11(9)16)14(20,21)12(25)23-6-10(24)22(7-23)5-4-13(17,18)19/h1-3H,4-7H2. The smallest absolute Gasteiger partial charge is 0.323 e. The third-order valence-corrected chi connectivity index (χ3v) is 4.35. The zero-order chi connectivity index (χ0) is 19.0. The Labute approximate surface area is 149 Å². The lowest BCUT2D eigenvalue weighted by atomic mass is 10.1. The predicted molar refractivity (Wildman–Crippen MR) is 79.3 cm³/mol. The summed E-state index contributed by atoms with van der Waals surface area (Å²) in [6.07, 6.45) is -5.80. The quantitative estimate of drug-likeness (QED) is 0.718. The number of alkyl halides is 5. The molecule has 0 radical (unpaired) electrons. The van der Waals surface area contributed by atoms with Gasteiger partial charge in [0.25, 0.3) is 5.91 Å². The molecule has 1 aliphatic rings. The lowest BCUT2D eigenvalue weighted by Crippen LogP contribution is -2.42. The fraction of sp³-hybridized carbons (Fsp3) is 0.429. The molecule has 25 heavy (non-hydrogen) atoms. The largest absolute Gasteiger partial charge is 0.390 e. The van der Waals surface area contributed by atoms with Crippen molar-refractivity contribution in [3.63, 3.8) is 0 Å². The normalized spacial score (nSPS) is 15.9. The molecule has 0 unspecified atom stereocenters. The molecular formula is C14H11Cl2F5N2O2. The number of amides is 2. The Bertz CT molecular complexity index is 696. The second-order valence-corrected chi connectivity index (χ2v) is 6.13. The van der Waals surface area contributed by atoms with Crippen LogP contribution in [0.25, 0.3) is 0 Å². The van der Waals surface area contributed by atoms with Gasteiger partial charge in [0.2, 0.25) is 5.91 Å². The molecule has 1 aromatic carbocycles. The zero-order valence-corrected chi connectivity index (χ0v) is 13.9. The van der Waals surface area contributed by atoms with Gasteiger partial charge in [-0.3, -0.25) is 9.59 Å². The first-order chi connectivity index (χ1) is 11.4. The van der Waals surface area contributed by atoms with Crippen molar-refractivity contribution in [1.29, 1.82) is 0 Å². The molecule has 0 bridgehead atoms. The van der Waals surface area contributed by atoms with Crippen molar-refractivity contribution in [1.82, 2.24) is 9.80 Å². The fourth-order valence-corrected chi connectivity index (χ4v) is 2.67. The third-order valence-electron chi connectivity index (χ3n) is 3.53. The molecule has 0 aliphatic carbocycles. The number of benzene rings is 1. The highest BCUT2D eigenvalue weighted by Crippen LogP contribution is 2.38. The maximum atomic E-state index is 14.4. The van der Waals surface area contributed by atoms with Gasteiger partial charge in [-0.1, -0.05) is 35.3 Å². The van der Waals surface area contributed by atoms with E-state index in [1.807, 2.05) is 0 Å². The highest BCUT2D eigenvalue weighted by Gasteiger charge is 2.48. The summed E-state index contributed by atoms with van der Waals surface area (Å²) < 4.78 is 65.5. The SMILES string of the molecule is O=C1CN(C(=O)C(F)(F)c2cccc(Cl)c2Cl)CN1CCC(F)(F)F. The van der Waals surface area contributed by atoms with E-state index in [0.29, 0.717) is 9.80 Å². The Morgan fingerprint density at radius 2 is 1.80 bits per heavy atom. The average Bonchev–Trinajstić information content (AvgIpc) is 2.87. The van der Waals surface area contributed by atoms with Crippen LogP contribution in [0.2, 0.25) is 10.0 Å². The topological polar surface area (TPSA) is 40.6 Å². The van der Waals surface area contributed by atoms with Crippen LogP contribution in [0.3, 0.4) is 0 Å². The first-order valence-corrected chi connectivity index (χ1v) is 7.65. The van der Waals surface area contributed by atoms with Crippen molar-refractivity contribution >= 4 is 35.0 Å². The molecule has 4 nitrogen and oxygen atoms in total. The van der Waals surface area contributed by atoms with Gasteiger partial charge in [0.15, 0.2) is 0 Å². The van der Waals surface area contributed by atoms with Crippen molar-refractivity contribution in [2.45, 2.75) is 18.5 Å². The molecule has 0 spiro atoms. The van der Waals surface area contributed by atoms with Gasteiger partial charge in [0.05, 0.1) is 28.7 Å². The lowest BCUT2D eigenvalue weighted by Gasteiger charge is -2.24. The summed E-state index contributed by atoms with van der Waals surface area (Å²) in [5, 5.41) is -0.696. The van der Waals surface area contributed by atoms with Gasteiger partial charge >= 0.3 is 12.1 Å². The van der Waals surface area contributed by atoms with E-state index < -0.39 is 60.7 Å². The Morgan fingerprint density at radius 3 is 2.40 bits per heavy atom. The van der Waals surface area contributed by atoms with Crippen molar-refractivity contribution in [2.24, 2.45) is 0 Å². The minimum atomic E-state index is -4.50.